The molecule has 200 valence electrons. The summed E-state index contributed by atoms with van der Waals surface area (Å²) in [5.41, 5.74) is 0.0604. The van der Waals surface area contributed by atoms with Gasteiger partial charge < -0.3 is 14.8 Å². The molecule has 3 rings (SSSR count). The molecule has 0 bridgehead atoms. The minimum absolute atomic E-state index is 0.264. The molecule has 2 N–H and O–H groups in total. The monoisotopic (exact) mass is 518 g/mol. The molecule has 0 saturated heterocycles. The lowest BCUT2D eigenvalue weighted by molar-refractivity contribution is -0.159. The SMILES string of the molecule is CCOC(=O)[C@@H](CCC1CCCCC1)N[C@@H]1C(=O)Nc2ccccc2SC1C(C)C(=O)OC(C)(C)C. The number of rotatable bonds is 9. The van der Waals surface area contributed by atoms with E-state index in [0.717, 1.165) is 11.3 Å². The van der Waals surface area contributed by atoms with Crippen LogP contribution in [-0.2, 0) is 23.9 Å². The van der Waals surface area contributed by atoms with E-state index in [1.807, 2.05) is 45.0 Å². The van der Waals surface area contributed by atoms with Crippen LogP contribution in [0.3, 0.4) is 0 Å². The second-order valence-corrected chi connectivity index (χ2v) is 12.1. The summed E-state index contributed by atoms with van der Waals surface area (Å²) in [5.74, 6) is -0.981. The van der Waals surface area contributed by atoms with E-state index in [2.05, 4.69) is 10.6 Å². The summed E-state index contributed by atoms with van der Waals surface area (Å²) >= 11 is 1.47. The lowest BCUT2D eigenvalue weighted by atomic mass is 9.85. The Morgan fingerprint density at radius 3 is 2.50 bits per heavy atom. The molecule has 0 radical (unpaired) electrons. The summed E-state index contributed by atoms with van der Waals surface area (Å²) < 4.78 is 11.1. The summed E-state index contributed by atoms with van der Waals surface area (Å²) in [4.78, 5) is 40.5. The molecule has 1 heterocycles. The van der Waals surface area contributed by atoms with Crippen LogP contribution in [0.2, 0.25) is 0 Å². The minimum Gasteiger partial charge on any atom is -0.465 e. The van der Waals surface area contributed by atoms with Gasteiger partial charge in [0.1, 0.15) is 17.7 Å². The topological polar surface area (TPSA) is 93.7 Å². The number of benzene rings is 1. The van der Waals surface area contributed by atoms with Gasteiger partial charge in [0.15, 0.2) is 0 Å². The van der Waals surface area contributed by atoms with Gasteiger partial charge in [0, 0.05) is 10.1 Å². The Hall–Kier alpha value is -2.06. The van der Waals surface area contributed by atoms with E-state index in [1.54, 1.807) is 13.8 Å². The van der Waals surface area contributed by atoms with Gasteiger partial charge in [-0.15, -0.1) is 11.8 Å². The molecular weight excluding hydrogens is 476 g/mol. The molecule has 1 amide bonds. The molecule has 1 aromatic rings. The van der Waals surface area contributed by atoms with Gasteiger partial charge in [-0.3, -0.25) is 19.7 Å². The maximum atomic E-state index is 13.5. The fraction of sp³-hybridized carbons (Fsp3) is 0.679. The predicted octanol–water partition coefficient (Wildman–Crippen LogP) is 5.33. The molecule has 7 nitrogen and oxygen atoms in total. The van der Waals surface area contributed by atoms with E-state index in [0.29, 0.717) is 18.0 Å². The number of fused-ring (bicyclic) bond motifs is 1. The fourth-order valence-corrected chi connectivity index (χ4v) is 6.29. The van der Waals surface area contributed by atoms with Crippen molar-refractivity contribution in [1.82, 2.24) is 5.32 Å². The highest BCUT2D eigenvalue weighted by Crippen LogP contribution is 2.39. The molecule has 1 aliphatic carbocycles. The Morgan fingerprint density at radius 1 is 1.14 bits per heavy atom. The largest absolute Gasteiger partial charge is 0.465 e. The van der Waals surface area contributed by atoms with E-state index >= 15 is 0 Å². The van der Waals surface area contributed by atoms with Crippen molar-refractivity contribution in [2.24, 2.45) is 11.8 Å². The van der Waals surface area contributed by atoms with Gasteiger partial charge in [0.05, 0.1) is 18.2 Å². The molecule has 2 unspecified atom stereocenters. The zero-order chi connectivity index (χ0) is 26.3. The van der Waals surface area contributed by atoms with Gasteiger partial charge in [0.25, 0.3) is 0 Å². The zero-order valence-corrected chi connectivity index (χ0v) is 23.1. The van der Waals surface area contributed by atoms with Crippen LogP contribution >= 0.6 is 11.8 Å². The standard InChI is InChI=1S/C28H42N2O5S/c1-6-34-27(33)21(17-16-19-12-8-7-9-13-19)29-23-24(18(2)26(32)35-28(3,4)5)36-22-15-11-10-14-20(22)30-25(23)31/h10-11,14-15,18-19,21,23-24,29H,6-9,12-13,16-17H2,1-5H3,(H,30,31)/t18?,21-,23+,24?/m1/s1. The third-order valence-electron chi connectivity index (χ3n) is 6.83. The maximum Gasteiger partial charge on any atom is 0.323 e. The summed E-state index contributed by atoms with van der Waals surface area (Å²) in [6.07, 6.45) is 7.62. The lowest BCUT2D eigenvalue weighted by Crippen LogP contribution is -2.56. The highest BCUT2D eigenvalue weighted by Gasteiger charge is 2.42. The Kier molecular flexibility index (Phi) is 10.3. The third-order valence-corrected chi connectivity index (χ3v) is 8.39. The Bertz CT molecular complexity index is 909. The first-order valence-corrected chi connectivity index (χ1v) is 14.2. The lowest BCUT2D eigenvalue weighted by Gasteiger charge is -2.32. The van der Waals surface area contributed by atoms with Crippen molar-refractivity contribution < 1.29 is 23.9 Å². The molecule has 36 heavy (non-hydrogen) atoms. The van der Waals surface area contributed by atoms with Crippen molar-refractivity contribution in [1.29, 1.82) is 0 Å². The molecule has 1 fully saturated rings. The van der Waals surface area contributed by atoms with E-state index < -0.39 is 28.9 Å². The van der Waals surface area contributed by atoms with Gasteiger partial charge in [-0.2, -0.15) is 0 Å². The van der Waals surface area contributed by atoms with Crippen LogP contribution in [0, 0.1) is 11.8 Å². The van der Waals surface area contributed by atoms with Gasteiger partial charge in [0.2, 0.25) is 5.91 Å². The highest BCUT2D eigenvalue weighted by atomic mass is 32.2. The average Bonchev–Trinajstić information content (AvgIpc) is 2.96. The first-order chi connectivity index (χ1) is 17.1. The van der Waals surface area contributed by atoms with Crippen LogP contribution in [0.5, 0.6) is 0 Å². The normalized spacial score (nSPS) is 22.5. The number of hydrogen-bond acceptors (Lipinski definition) is 7. The molecule has 1 aliphatic heterocycles. The quantitative estimate of drug-likeness (QED) is 0.427. The fourth-order valence-electron chi connectivity index (χ4n) is 4.94. The van der Waals surface area contributed by atoms with Crippen molar-refractivity contribution in [2.75, 3.05) is 11.9 Å². The number of hydrogen-bond donors (Lipinski definition) is 2. The summed E-state index contributed by atoms with van der Waals surface area (Å²) in [6.45, 7) is 9.35. The van der Waals surface area contributed by atoms with E-state index in [9.17, 15) is 14.4 Å². The number of para-hydroxylation sites is 1. The Labute approximate surface area is 219 Å². The summed E-state index contributed by atoms with van der Waals surface area (Å²) in [5, 5.41) is 5.86. The van der Waals surface area contributed by atoms with Crippen molar-refractivity contribution in [3.63, 3.8) is 0 Å². The van der Waals surface area contributed by atoms with Gasteiger partial charge >= 0.3 is 11.9 Å². The van der Waals surface area contributed by atoms with E-state index in [-0.39, 0.29) is 24.5 Å². The van der Waals surface area contributed by atoms with Crippen molar-refractivity contribution in [3.8, 4) is 0 Å². The van der Waals surface area contributed by atoms with Crippen molar-refractivity contribution in [2.45, 2.75) is 107 Å². The molecular formula is C28H42N2O5S. The third kappa shape index (κ3) is 7.97. The van der Waals surface area contributed by atoms with Crippen molar-refractivity contribution in [3.05, 3.63) is 24.3 Å². The van der Waals surface area contributed by atoms with Crippen LogP contribution in [-0.4, -0.2) is 47.4 Å². The second kappa shape index (κ2) is 13.0. The number of ether oxygens (including phenoxy) is 2. The Morgan fingerprint density at radius 2 is 1.83 bits per heavy atom. The number of nitrogens with one attached hydrogen (secondary N) is 2. The number of amides is 1. The van der Waals surface area contributed by atoms with Crippen LogP contribution in [0.4, 0.5) is 5.69 Å². The second-order valence-electron chi connectivity index (χ2n) is 10.9. The minimum atomic E-state index is -0.786. The maximum absolute atomic E-state index is 13.5. The van der Waals surface area contributed by atoms with Gasteiger partial charge in [-0.05, 0) is 58.6 Å². The molecule has 1 saturated carbocycles. The van der Waals surface area contributed by atoms with Gasteiger partial charge in [-0.1, -0.05) is 51.2 Å². The van der Waals surface area contributed by atoms with E-state index in [4.69, 9.17) is 9.47 Å². The molecule has 1 aromatic carbocycles. The number of carbonyl (C=O) groups is 3. The first-order valence-electron chi connectivity index (χ1n) is 13.3. The van der Waals surface area contributed by atoms with Crippen LogP contribution in [0.25, 0.3) is 0 Å². The molecule has 0 spiro atoms. The summed E-state index contributed by atoms with van der Waals surface area (Å²) in [7, 11) is 0. The summed E-state index contributed by atoms with van der Waals surface area (Å²) in [6, 6.07) is 6.15. The van der Waals surface area contributed by atoms with Crippen molar-refractivity contribution >= 4 is 35.3 Å². The first kappa shape index (κ1) is 28.5. The number of esters is 2. The van der Waals surface area contributed by atoms with Crippen LogP contribution < -0.4 is 10.6 Å². The highest BCUT2D eigenvalue weighted by molar-refractivity contribution is 8.00. The number of thioether (sulfide) groups is 1. The van der Waals surface area contributed by atoms with Crippen LogP contribution in [0.15, 0.2) is 29.2 Å². The molecule has 4 atom stereocenters. The predicted molar refractivity (Wildman–Crippen MR) is 143 cm³/mol. The molecule has 2 aliphatic rings. The average molecular weight is 519 g/mol. The smallest absolute Gasteiger partial charge is 0.323 e. The molecule has 0 aromatic heterocycles. The Balaban J connectivity index is 1.86. The van der Waals surface area contributed by atoms with E-state index in [1.165, 1.54) is 43.9 Å². The zero-order valence-electron chi connectivity index (χ0n) is 22.3. The van der Waals surface area contributed by atoms with Crippen LogP contribution in [0.1, 0.15) is 79.6 Å². The number of anilines is 1. The number of carbonyl (C=O) groups excluding carboxylic acids is 3. The van der Waals surface area contributed by atoms with Gasteiger partial charge in [-0.25, -0.2) is 0 Å². The molecule has 8 heteroatoms.